The summed E-state index contributed by atoms with van der Waals surface area (Å²) in [5.74, 6) is 2.70. The Balaban J connectivity index is 2.09. The molecule has 0 aromatic rings. The Bertz CT molecular complexity index is 177. The Morgan fingerprint density at radius 1 is 1.21 bits per heavy atom. The van der Waals surface area contributed by atoms with Crippen LogP contribution in [0, 0.1) is 0 Å². The minimum absolute atomic E-state index is 0.626. The molecule has 2 rings (SSSR count). The Morgan fingerprint density at radius 2 is 1.86 bits per heavy atom. The molecule has 0 aromatic carbocycles. The van der Waals surface area contributed by atoms with E-state index < -0.39 is 0 Å². The van der Waals surface area contributed by atoms with Gasteiger partial charge in [0.25, 0.3) is 0 Å². The highest BCUT2D eigenvalue weighted by Crippen LogP contribution is 2.45. The van der Waals surface area contributed by atoms with Crippen LogP contribution >= 0.6 is 11.8 Å². The summed E-state index contributed by atoms with van der Waals surface area (Å²) in [5, 5.41) is 0. The van der Waals surface area contributed by atoms with Crippen molar-refractivity contribution in [1.82, 2.24) is 4.90 Å². The molecule has 0 amide bonds. The van der Waals surface area contributed by atoms with Crippen LogP contribution in [-0.2, 0) is 0 Å². The number of hydrogen-bond acceptors (Lipinski definition) is 2. The molecule has 0 bridgehead atoms. The third-order valence-electron chi connectivity index (χ3n) is 4.13. The first-order chi connectivity index (χ1) is 6.82. The molecule has 2 heteroatoms. The molecule has 1 saturated carbocycles. The van der Waals surface area contributed by atoms with Gasteiger partial charge in [0.1, 0.15) is 0 Å². The van der Waals surface area contributed by atoms with E-state index in [1.54, 1.807) is 0 Å². The van der Waals surface area contributed by atoms with Gasteiger partial charge < -0.3 is 0 Å². The van der Waals surface area contributed by atoms with Crippen molar-refractivity contribution >= 4 is 11.8 Å². The van der Waals surface area contributed by atoms with Crippen LogP contribution in [0.25, 0.3) is 0 Å². The summed E-state index contributed by atoms with van der Waals surface area (Å²) < 4.78 is 0. The molecule has 1 heterocycles. The van der Waals surface area contributed by atoms with Crippen molar-refractivity contribution in [2.45, 2.75) is 64.0 Å². The molecule has 1 aliphatic carbocycles. The summed E-state index contributed by atoms with van der Waals surface area (Å²) in [7, 11) is 0. The zero-order valence-electron chi connectivity index (χ0n) is 9.59. The molecule has 0 aromatic heterocycles. The molecule has 1 spiro atoms. The summed E-state index contributed by atoms with van der Waals surface area (Å²) >= 11 is 2.16. The standard InChI is InChI=1S/C12H23NS/c1-3-11(4-2)13-10-14-9-12(13)7-5-6-8-12/h11H,3-10H2,1-2H3. The molecule has 1 nitrogen and oxygen atoms in total. The first-order valence-electron chi connectivity index (χ1n) is 6.17. The molecule has 1 saturated heterocycles. The Labute approximate surface area is 92.6 Å². The van der Waals surface area contributed by atoms with Gasteiger partial charge in [0.05, 0.1) is 0 Å². The highest BCUT2D eigenvalue weighted by atomic mass is 32.2. The maximum Gasteiger partial charge on any atom is 0.0453 e. The SMILES string of the molecule is CCC(CC)N1CSCC12CCCC2. The zero-order chi connectivity index (χ0) is 10.0. The molecule has 2 aliphatic rings. The van der Waals surface area contributed by atoms with Crippen molar-refractivity contribution in [2.75, 3.05) is 11.6 Å². The van der Waals surface area contributed by atoms with Crippen LogP contribution in [-0.4, -0.2) is 28.1 Å². The van der Waals surface area contributed by atoms with E-state index in [1.165, 1.54) is 50.2 Å². The van der Waals surface area contributed by atoms with E-state index in [0.717, 1.165) is 6.04 Å². The van der Waals surface area contributed by atoms with Crippen LogP contribution in [0.5, 0.6) is 0 Å². The maximum absolute atomic E-state index is 2.84. The molecule has 0 atom stereocenters. The highest BCUT2D eigenvalue weighted by molar-refractivity contribution is 7.99. The van der Waals surface area contributed by atoms with Crippen LogP contribution in [0.2, 0.25) is 0 Å². The summed E-state index contributed by atoms with van der Waals surface area (Å²) in [5.41, 5.74) is 0.626. The minimum atomic E-state index is 0.626. The average molecular weight is 213 g/mol. The lowest BCUT2D eigenvalue weighted by atomic mass is 9.95. The fraction of sp³-hybridized carbons (Fsp3) is 1.00. The summed E-state index contributed by atoms with van der Waals surface area (Å²) in [6.07, 6.45) is 8.54. The lowest BCUT2D eigenvalue weighted by Crippen LogP contribution is -2.48. The normalized spacial score (nSPS) is 26.8. The van der Waals surface area contributed by atoms with Crippen molar-refractivity contribution in [3.63, 3.8) is 0 Å². The van der Waals surface area contributed by atoms with Crippen LogP contribution in [0.4, 0.5) is 0 Å². The van der Waals surface area contributed by atoms with Gasteiger partial charge in [-0.05, 0) is 25.7 Å². The van der Waals surface area contributed by atoms with E-state index in [2.05, 4.69) is 30.5 Å². The Morgan fingerprint density at radius 3 is 2.43 bits per heavy atom. The van der Waals surface area contributed by atoms with Gasteiger partial charge in [-0.2, -0.15) is 0 Å². The van der Waals surface area contributed by atoms with Gasteiger partial charge in [0, 0.05) is 23.2 Å². The quantitative estimate of drug-likeness (QED) is 0.706. The Kier molecular flexibility index (Phi) is 3.43. The topological polar surface area (TPSA) is 3.24 Å². The monoisotopic (exact) mass is 213 g/mol. The predicted molar refractivity (Wildman–Crippen MR) is 64.7 cm³/mol. The molecule has 0 N–H and O–H groups in total. The number of thioether (sulfide) groups is 1. The van der Waals surface area contributed by atoms with Crippen molar-refractivity contribution in [3.8, 4) is 0 Å². The molecule has 2 fully saturated rings. The first-order valence-corrected chi connectivity index (χ1v) is 7.32. The third-order valence-corrected chi connectivity index (χ3v) is 5.33. The van der Waals surface area contributed by atoms with Gasteiger partial charge in [0.15, 0.2) is 0 Å². The second-order valence-corrected chi connectivity index (χ2v) is 5.80. The second kappa shape index (κ2) is 4.44. The van der Waals surface area contributed by atoms with Crippen LogP contribution in [0.15, 0.2) is 0 Å². The fourth-order valence-electron chi connectivity index (χ4n) is 3.24. The van der Waals surface area contributed by atoms with Crippen LogP contribution in [0.1, 0.15) is 52.4 Å². The number of nitrogens with zero attached hydrogens (tertiary/aromatic N) is 1. The molecule has 82 valence electrons. The van der Waals surface area contributed by atoms with Gasteiger partial charge in [-0.3, -0.25) is 4.90 Å². The number of hydrogen-bond donors (Lipinski definition) is 0. The number of rotatable bonds is 3. The van der Waals surface area contributed by atoms with Crippen molar-refractivity contribution in [3.05, 3.63) is 0 Å². The highest BCUT2D eigenvalue weighted by Gasteiger charge is 2.45. The van der Waals surface area contributed by atoms with Crippen LogP contribution < -0.4 is 0 Å². The second-order valence-electron chi connectivity index (χ2n) is 4.85. The van der Waals surface area contributed by atoms with E-state index in [4.69, 9.17) is 0 Å². The Hall–Kier alpha value is 0.310. The smallest absolute Gasteiger partial charge is 0.0453 e. The van der Waals surface area contributed by atoms with Gasteiger partial charge in [-0.15, -0.1) is 11.8 Å². The van der Waals surface area contributed by atoms with E-state index in [9.17, 15) is 0 Å². The van der Waals surface area contributed by atoms with E-state index in [1.807, 2.05) is 0 Å². The molecular formula is C12H23NS. The lowest BCUT2D eigenvalue weighted by Gasteiger charge is -2.39. The van der Waals surface area contributed by atoms with Gasteiger partial charge in [-0.25, -0.2) is 0 Å². The van der Waals surface area contributed by atoms with Crippen molar-refractivity contribution in [1.29, 1.82) is 0 Å². The molecule has 0 unspecified atom stereocenters. The van der Waals surface area contributed by atoms with E-state index >= 15 is 0 Å². The average Bonchev–Trinajstić information content (AvgIpc) is 2.81. The van der Waals surface area contributed by atoms with Crippen molar-refractivity contribution in [2.24, 2.45) is 0 Å². The summed E-state index contributed by atoms with van der Waals surface area (Å²) in [6, 6.07) is 0.850. The van der Waals surface area contributed by atoms with E-state index in [-0.39, 0.29) is 0 Å². The largest absolute Gasteiger partial charge is 0.285 e. The van der Waals surface area contributed by atoms with Crippen LogP contribution in [0.3, 0.4) is 0 Å². The summed E-state index contributed by atoms with van der Waals surface area (Å²) in [6.45, 7) is 4.69. The third kappa shape index (κ3) is 1.71. The minimum Gasteiger partial charge on any atom is -0.285 e. The van der Waals surface area contributed by atoms with Gasteiger partial charge in [0.2, 0.25) is 0 Å². The first kappa shape index (κ1) is 10.8. The molecule has 1 aliphatic heterocycles. The lowest BCUT2D eigenvalue weighted by molar-refractivity contribution is 0.0937. The molecule has 0 radical (unpaired) electrons. The zero-order valence-corrected chi connectivity index (χ0v) is 10.4. The van der Waals surface area contributed by atoms with Crippen molar-refractivity contribution < 1.29 is 0 Å². The van der Waals surface area contributed by atoms with Gasteiger partial charge in [-0.1, -0.05) is 26.7 Å². The molecule has 14 heavy (non-hydrogen) atoms. The van der Waals surface area contributed by atoms with E-state index in [0.29, 0.717) is 5.54 Å². The maximum atomic E-state index is 2.84. The molecular weight excluding hydrogens is 190 g/mol. The summed E-state index contributed by atoms with van der Waals surface area (Å²) in [4.78, 5) is 2.84. The van der Waals surface area contributed by atoms with Gasteiger partial charge >= 0.3 is 0 Å². The predicted octanol–water partition coefficient (Wildman–Crippen LogP) is 3.49. The fourth-order valence-corrected chi connectivity index (χ4v) is 4.85.